The first-order chi connectivity index (χ1) is 7.31. The normalized spacial score (nSPS) is 10.2. The second kappa shape index (κ2) is 4.38. The summed E-state index contributed by atoms with van der Waals surface area (Å²) in [6.45, 7) is 0.464. The van der Waals surface area contributed by atoms with Crippen molar-refractivity contribution >= 4 is 17.1 Å². The minimum Gasteiger partial charge on any atom is -0.326 e. The van der Waals surface area contributed by atoms with Gasteiger partial charge in [-0.1, -0.05) is 24.3 Å². The summed E-state index contributed by atoms with van der Waals surface area (Å²) in [4.78, 5) is 12.7. The Kier molecular flexibility index (Phi) is 2.94. The van der Waals surface area contributed by atoms with E-state index in [-0.39, 0.29) is 5.78 Å². The fourth-order valence-electron chi connectivity index (χ4n) is 1.39. The molecule has 15 heavy (non-hydrogen) atoms. The maximum Gasteiger partial charge on any atom is 0.202 e. The van der Waals surface area contributed by atoms with Gasteiger partial charge in [-0.3, -0.25) is 4.79 Å². The zero-order valence-corrected chi connectivity index (χ0v) is 8.96. The van der Waals surface area contributed by atoms with Crippen molar-refractivity contribution in [2.24, 2.45) is 5.73 Å². The van der Waals surface area contributed by atoms with Gasteiger partial charge in [0.1, 0.15) is 0 Å². The van der Waals surface area contributed by atoms with Gasteiger partial charge in [-0.05, 0) is 23.1 Å². The van der Waals surface area contributed by atoms with Crippen molar-refractivity contribution in [1.29, 1.82) is 0 Å². The monoisotopic (exact) mass is 217 g/mol. The molecule has 76 valence electrons. The van der Waals surface area contributed by atoms with Crippen LogP contribution in [-0.4, -0.2) is 5.78 Å². The minimum atomic E-state index is 0.0697. The predicted molar refractivity (Wildman–Crippen MR) is 62.1 cm³/mol. The van der Waals surface area contributed by atoms with Gasteiger partial charge in [-0.2, -0.15) is 0 Å². The Morgan fingerprint density at radius 2 is 2.13 bits per heavy atom. The third kappa shape index (κ3) is 2.14. The average molecular weight is 217 g/mol. The van der Waals surface area contributed by atoms with Gasteiger partial charge in [0.25, 0.3) is 0 Å². The second-order valence-corrected chi connectivity index (χ2v) is 4.16. The van der Waals surface area contributed by atoms with E-state index in [0.717, 1.165) is 10.4 Å². The van der Waals surface area contributed by atoms with Gasteiger partial charge in [0, 0.05) is 12.1 Å². The zero-order valence-electron chi connectivity index (χ0n) is 8.14. The molecule has 0 fully saturated rings. The number of carbonyl (C=O) groups excluding carboxylic acids is 1. The Morgan fingerprint density at radius 1 is 1.27 bits per heavy atom. The maximum atomic E-state index is 11.9. The van der Waals surface area contributed by atoms with Gasteiger partial charge in [0.2, 0.25) is 5.78 Å². The molecule has 0 aliphatic carbocycles. The molecule has 2 aromatic rings. The molecule has 0 saturated carbocycles. The van der Waals surface area contributed by atoms with E-state index in [0.29, 0.717) is 12.1 Å². The highest BCUT2D eigenvalue weighted by Crippen LogP contribution is 2.15. The van der Waals surface area contributed by atoms with E-state index in [1.807, 2.05) is 41.8 Å². The van der Waals surface area contributed by atoms with E-state index in [1.54, 1.807) is 0 Å². The van der Waals surface area contributed by atoms with Gasteiger partial charge >= 0.3 is 0 Å². The van der Waals surface area contributed by atoms with Crippen LogP contribution in [-0.2, 0) is 6.54 Å². The van der Waals surface area contributed by atoms with E-state index < -0.39 is 0 Å². The van der Waals surface area contributed by atoms with E-state index in [9.17, 15) is 4.79 Å². The van der Waals surface area contributed by atoms with Crippen LogP contribution in [0.2, 0.25) is 0 Å². The maximum absolute atomic E-state index is 11.9. The molecule has 0 aliphatic rings. The van der Waals surface area contributed by atoms with Crippen LogP contribution < -0.4 is 5.73 Å². The Bertz CT molecular complexity index is 462. The van der Waals surface area contributed by atoms with Crippen molar-refractivity contribution in [3.63, 3.8) is 0 Å². The average Bonchev–Trinajstić information content (AvgIpc) is 2.81. The number of thiophene rings is 1. The van der Waals surface area contributed by atoms with Crippen LogP contribution in [0.5, 0.6) is 0 Å². The number of nitrogens with two attached hydrogens (primary N) is 1. The Morgan fingerprint density at radius 3 is 2.80 bits per heavy atom. The van der Waals surface area contributed by atoms with E-state index in [2.05, 4.69) is 0 Å². The minimum absolute atomic E-state index is 0.0697. The third-order valence-electron chi connectivity index (χ3n) is 2.17. The number of rotatable bonds is 3. The van der Waals surface area contributed by atoms with Gasteiger partial charge in [0.15, 0.2) is 0 Å². The summed E-state index contributed by atoms with van der Waals surface area (Å²) in [6.07, 6.45) is 0. The SMILES string of the molecule is NCc1cccc(C(=O)c2cccs2)c1. The molecule has 2 N–H and O–H groups in total. The lowest BCUT2D eigenvalue weighted by Gasteiger charge is -2.00. The molecule has 2 nitrogen and oxygen atoms in total. The summed E-state index contributed by atoms with van der Waals surface area (Å²) < 4.78 is 0. The van der Waals surface area contributed by atoms with Crippen LogP contribution in [0.1, 0.15) is 20.8 Å². The van der Waals surface area contributed by atoms with Crippen LogP contribution >= 0.6 is 11.3 Å². The molecule has 0 amide bonds. The van der Waals surface area contributed by atoms with Crippen LogP contribution in [0.3, 0.4) is 0 Å². The van der Waals surface area contributed by atoms with Gasteiger partial charge < -0.3 is 5.73 Å². The molecular formula is C12H11NOS. The molecule has 0 bridgehead atoms. The van der Waals surface area contributed by atoms with Crippen molar-refractivity contribution in [3.05, 3.63) is 57.8 Å². The highest BCUT2D eigenvalue weighted by molar-refractivity contribution is 7.12. The van der Waals surface area contributed by atoms with Crippen molar-refractivity contribution in [1.82, 2.24) is 0 Å². The fraction of sp³-hybridized carbons (Fsp3) is 0.0833. The third-order valence-corrected chi connectivity index (χ3v) is 3.04. The molecule has 0 aliphatic heterocycles. The largest absolute Gasteiger partial charge is 0.326 e. The molecule has 1 heterocycles. The Hall–Kier alpha value is -1.45. The summed E-state index contributed by atoms with van der Waals surface area (Å²) in [7, 11) is 0. The lowest BCUT2D eigenvalue weighted by Crippen LogP contribution is -2.02. The van der Waals surface area contributed by atoms with Crippen LogP contribution in [0.15, 0.2) is 41.8 Å². The number of benzene rings is 1. The summed E-state index contributed by atoms with van der Waals surface area (Å²) in [5.41, 5.74) is 7.22. The Balaban J connectivity index is 2.34. The van der Waals surface area contributed by atoms with Crippen LogP contribution in [0, 0.1) is 0 Å². The molecule has 3 heteroatoms. The summed E-state index contributed by atoms with van der Waals surface area (Å²) >= 11 is 1.46. The zero-order chi connectivity index (χ0) is 10.7. The molecule has 0 radical (unpaired) electrons. The van der Waals surface area contributed by atoms with E-state index in [1.165, 1.54) is 11.3 Å². The quantitative estimate of drug-likeness (QED) is 0.802. The van der Waals surface area contributed by atoms with Gasteiger partial charge in [0.05, 0.1) is 4.88 Å². The van der Waals surface area contributed by atoms with Crippen molar-refractivity contribution < 1.29 is 4.79 Å². The van der Waals surface area contributed by atoms with Crippen LogP contribution in [0.4, 0.5) is 0 Å². The van der Waals surface area contributed by atoms with Gasteiger partial charge in [-0.15, -0.1) is 11.3 Å². The molecule has 0 unspecified atom stereocenters. The topological polar surface area (TPSA) is 43.1 Å². The highest BCUT2D eigenvalue weighted by Gasteiger charge is 2.09. The first kappa shape index (κ1) is 10.1. The number of ketones is 1. The smallest absolute Gasteiger partial charge is 0.202 e. The highest BCUT2D eigenvalue weighted by atomic mass is 32.1. The fourth-order valence-corrected chi connectivity index (χ4v) is 2.08. The summed E-state index contributed by atoms with van der Waals surface area (Å²) in [5, 5.41) is 1.90. The predicted octanol–water partition coefficient (Wildman–Crippen LogP) is 2.44. The molecule has 0 atom stereocenters. The summed E-state index contributed by atoms with van der Waals surface area (Å²) in [6, 6.07) is 11.2. The molecule has 0 saturated heterocycles. The molecule has 1 aromatic carbocycles. The van der Waals surface area contributed by atoms with Crippen LogP contribution in [0.25, 0.3) is 0 Å². The van der Waals surface area contributed by atoms with Gasteiger partial charge in [-0.25, -0.2) is 0 Å². The Labute approximate surface area is 92.4 Å². The van der Waals surface area contributed by atoms with E-state index in [4.69, 9.17) is 5.73 Å². The molecule has 0 spiro atoms. The first-order valence-electron chi connectivity index (χ1n) is 4.68. The standard InChI is InChI=1S/C12H11NOS/c13-8-9-3-1-4-10(7-9)12(14)11-5-2-6-15-11/h1-7H,8,13H2. The lowest BCUT2D eigenvalue weighted by molar-refractivity contribution is 0.104. The second-order valence-electron chi connectivity index (χ2n) is 3.21. The molecular weight excluding hydrogens is 206 g/mol. The molecule has 1 aromatic heterocycles. The lowest BCUT2D eigenvalue weighted by atomic mass is 10.1. The number of hydrogen-bond acceptors (Lipinski definition) is 3. The van der Waals surface area contributed by atoms with Crippen molar-refractivity contribution in [3.8, 4) is 0 Å². The molecule has 2 rings (SSSR count). The summed E-state index contributed by atoms with van der Waals surface area (Å²) in [5.74, 6) is 0.0697. The number of carbonyl (C=O) groups is 1. The van der Waals surface area contributed by atoms with Crippen molar-refractivity contribution in [2.75, 3.05) is 0 Å². The number of hydrogen-bond donors (Lipinski definition) is 1. The first-order valence-corrected chi connectivity index (χ1v) is 5.56. The van der Waals surface area contributed by atoms with E-state index >= 15 is 0 Å². The van der Waals surface area contributed by atoms with Crippen molar-refractivity contribution in [2.45, 2.75) is 6.54 Å².